The fourth-order valence-electron chi connectivity index (χ4n) is 3.52. The first-order valence-electron chi connectivity index (χ1n) is 11.6. The SMILES string of the molecule is C#CNCCCCN1CCc2cc(C)c(C)cc2C1.C=C.CC.Cc1ccc(F)c(C)c1. The van der Waals surface area contributed by atoms with E-state index in [9.17, 15) is 4.39 Å². The fraction of sp³-hybridized carbons (Fsp3) is 0.448. The van der Waals surface area contributed by atoms with Gasteiger partial charge in [-0.25, -0.2) is 4.39 Å². The first-order valence-corrected chi connectivity index (χ1v) is 11.6. The van der Waals surface area contributed by atoms with Crippen LogP contribution in [-0.4, -0.2) is 24.5 Å². The molecule has 0 fully saturated rings. The number of unbranched alkanes of at least 4 members (excludes halogenated alkanes) is 1. The van der Waals surface area contributed by atoms with Gasteiger partial charge in [-0.15, -0.1) is 13.2 Å². The van der Waals surface area contributed by atoms with E-state index in [0.717, 1.165) is 30.6 Å². The monoisotopic (exact) mass is 438 g/mol. The average molecular weight is 439 g/mol. The molecule has 0 amide bonds. The normalized spacial score (nSPS) is 11.8. The molecule has 1 aliphatic rings. The van der Waals surface area contributed by atoms with E-state index in [1.807, 2.05) is 26.8 Å². The lowest BCUT2D eigenvalue weighted by molar-refractivity contribution is 0.249. The topological polar surface area (TPSA) is 15.3 Å². The summed E-state index contributed by atoms with van der Waals surface area (Å²) in [5.74, 6) is -0.124. The number of halogens is 1. The first kappa shape index (κ1) is 29.4. The summed E-state index contributed by atoms with van der Waals surface area (Å²) in [7, 11) is 0. The van der Waals surface area contributed by atoms with Crippen LogP contribution in [0.15, 0.2) is 43.5 Å². The van der Waals surface area contributed by atoms with Crippen LogP contribution in [0.3, 0.4) is 0 Å². The molecular weight excluding hydrogens is 395 g/mol. The third-order valence-electron chi connectivity index (χ3n) is 5.35. The number of terminal acetylenes is 1. The van der Waals surface area contributed by atoms with Crippen LogP contribution in [0.4, 0.5) is 4.39 Å². The molecule has 2 aromatic carbocycles. The Labute approximate surface area is 196 Å². The molecule has 3 heteroatoms. The smallest absolute Gasteiger partial charge is 0.126 e. The Kier molecular flexibility index (Phi) is 15.7. The van der Waals surface area contributed by atoms with Crippen molar-refractivity contribution in [3.05, 3.63) is 82.7 Å². The minimum Gasteiger partial charge on any atom is -0.346 e. The molecule has 176 valence electrons. The summed E-state index contributed by atoms with van der Waals surface area (Å²) in [5, 5.41) is 2.92. The van der Waals surface area contributed by atoms with E-state index in [-0.39, 0.29) is 5.82 Å². The molecule has 0 aliphatic carbocycles. The number of hydrogen-bond donors (Lipinski definition) is 1. The molecule has 0 aromatic heterocycles. The number of benzene rings is 2. The third-order valence-corrected chi connectivity index (χ3v) is 5.35. The van der Waals surface area contributed by atoms with Gasteiger partial charge in [-0.3, -0.25) is 4.90 Å². The summed E-state index contributed by atoms with van der Waals surface area (Å²) in [6, 6.07) is 12.3. The molecule has 1 aliphatic heterocycles. The number of fused-ring (bicyclic) bond motifs is 1. The molecule has 0 unspecified atom stereocenters. The van der Waals surface area contributed by atoms with E-state index >= 15 is 0 Å². The van der Waals surface area contributed by atoms with E-state index < -0.39 is 0 Å². The van der Waals surface area contributed by atoms with Crippen molar-refractivity contribution in [3.63, 3.8) is 0 Å². The lowest BCUT2D eigenvalue weighted by Gasteiger charge is -2.29. The van der Waals surface area contributed by atoms with Crippen LogP contribution in [0.25, 0.3) is 0 Å². The van der Waals surface area contributed by atoms with E-state index in [4.69, 9.17) is 6.42 Å². The zero-order valence-electron chi connectivity index (χ0n) is 21.2. The highest BCUT2D eigenvalue weighted by Gasteiger charge is 2.16. The molecule has 0 saturated carbocycles. The highest BCUT2D eigenvalue weighted by molar-refractivity contribution is 5.38. The van der Waals surface area contributed by atoms with Crippen LogP contribution in [0.2, 0.25) is 0 Å². The summed E-state index contributed by atoms with van der Waals surface area (Å²) in [6.07, 6.45) is 8.73. The summed E-state index contributed by atoms with van der Waals surface area (Å²) in [4.78, 5) is 2.56. The fourth-order valence-corrected chi connectivity index (χ4v) is 3.52. The minimum atomic E-state index is -0.124. The van der Waals surface area contributed by atoms with Gasteiger partial charge in [-0.2, -0.15) is 0 Å². The van der Waals surface area contributed by atoms with Gasteiger partial charge in [0.2, 0.25) is 0 Å². The van der Waals surface area contributed by atoms with Crippen molar-refractivity contribution in [3.8, 4) is 12.5 Å². The number of nitrogens with zero attached hydrogens (tertiary/aromatic N) is 1. The summed E-state index contributed by atoms with van der Waals surface area (Å²) in [5.41, 5.74) is 7.74. The zero-order valence-corrected chi connectivity index (χ0v) is 21.2. The molecule has 3 rings (SSSR count). The van der Waals surface area contributed by atoms with Crippen LogP contribution >= 0.6 is 0 Å². The van der Waals surface area contributed by atoms with Gasteiger partial charge in [-0.05, 0) is 87.4 Å². The molecule has 1 N–H and O–H groups in total. The van der Waals surface area contributed by atoms with Crippen LogP contribution < -0.4 is 5.32 Å². The van der Waals surface area contributed by atoms with Gasteiger partial charge in [0.05, 0.1) is 0 Å². The van der Waals surface area contributed by atoms with E-state index in [0.29, 0.717) is 0 Å². The number of nitrogens with one attached hydrogen (secondary N) is 1. The third kappa shape index (κ3) is 10.6. The van der Waals surface area contributed by atoms with Gasteiger partial charge in [0.1, 0.15) is 5.82 Å². The van der Waals surface area contributed by atoms with Crippen LogP contribution in [0.5, 0.6) is 0 Å². The van der Waals surface area contributed by atoms with Gasteiger partial charge < -0.3 is 5.32 Å². The molecule has 2 aromatic rings. The van der Waals surface area contributed by atoms with Crippen molar-refractivity contribution in [2.75, 3.05) is 19.6 Å². The second kappa shape index (κ2) is 17.0. The Morgan fingerprint density at radius 3 is 2.16 bits per heavy atom. The number of aryl methyl sites for hydroxylation is 4. The zero-order chi connectivity index (χ0) is 24.5. The summed E-state index contributed by atoms with van der Waals surface area (Å²) >= 11 is 0. The van der Waals surface area contributed by atoms with Crippen LogP contribution in [0, 0.1) is 46.0 Å². The van der Waals surface area contributed by atoms with E-state index in [1.54, 1.807) is 18.6 Å². The largest absolute Gasteiger partial charge is 0.346 e. The summed E-state index contributed by atoms with van der Waals surface area (Å²) < 4.78 is 12.5. The summed E-state index contributed by atoms with van der Waals surface area (Å²) in [6.45, 7) is 22.5. The Morgan fingerprint density at radius 2 is 1.59 bits per heavy atom. The molecule has 1 heterocycles. The Hall–Kier alpha value is -2.57. The maximum absolute atomic E-state index is 12.5. The van der Waals surface area contributed by atoms with Crippen molar-refractivity contribution in [2.45, 2.75) is 67.3 Å². The van der Waals surface area contributed by atoms with Crippen LogP contribution in [0.1, 0.15) is 60.1 Å². The van der Waals surface area contributed by atoms with E-state index in [1.165, 1.54) is 48.7 Å². The quantitative estimate of drug-likeness (QED) is 0.237. The molecule has 0 spiro atoms. The lowest BCUT2D eigenvalue weighted by atomic mass is 9.94. The molecule has 2 nitrogen and oxygen atoms in total. The number of rotatable bonds is 5. The predicted molar refractivity (Wildman–Crippen MR) is 139 cm³/mol. The van der Waals surface area contributed by atoms with Crippen LogP contribution in [-0.2, 0) is 13.0 Å². The maximum atomic E-state index is 12.5. The van der Waals surface area contributed by atoms with Crippen molar-refractivity contribution in [1.29, 1.82) is 0 Å². The molecule has 0 radical (unpaired) electrons. The van der Waals surface area contributed by atoms with Gasteiger partial charge in [-0.1, -0.05) is 50.1 Å². The first-order chi connectivity index (χ1) is 15.4. The molecule has 0 atom stereocenters. The maximum Gasteiger partial charge on any atom is 0.126 e. The highest BCUT2D eigenvalue weighted by Crippen LogP contribution is 2.22. The Bertz CT molecular complexity index is 836. The van der Waals surface area contributed by atoms with Crippen molar-refractivity contribution >= 4 is 0 Å². The van der Waals surface area contributed by atoms with Gasteiger partial charge in [0, 0.05) is 25.7 Å². The molecule has 32 heavy (non-hydrogen) atoms. The van der Waals surface area contributed by atoms with Crippen molar-refractivity contribution < 1.29 is 4.39 Å². The molecule has 0 saturated heterocycles. The highest BCUT2D eigenvalue weighted by atomic mass is 19.1. The second-order valence-electron chi connectivity index (χ2n) is 7.76. The minimum absolute atomic E-state index is 0.124. The van der Waals surface area contributed by atoms with Gasteiger partial charge in [0.15, 0.2) is 0 Å². The second-order valence-corrected chi connectivity index (χ2v) is 7.76. The standard InChI is InChI=1S/C17H24N2.C8H9F.C2H6.C2H4/c1-4-18-8-5-6-9-19-10-7-16-11-14(2)15(3)12-17(16)13-19;1-6-3-4-8(9)7(2)5-6;2*1-2/h1,11-12,18H,5-10,13H2,2-3H3;3-5H,1-2H3;1-2H3;1-2H2. The molecular formula is C29H43FN2. The lowest BCUT2D eigenvalue weighted by Crippen LogP contribution is -2.31. The van der Waals surface area contributed by atoms with E-state index in [2.05, 4.69) is 55.4 Å². The number of hydrogen-bond acceptors (Lipinski definition) is 2. The molecule has 0 bridgehead atoms. The average Bonchev–Trinajstić information content (AvgIpc) is 2.80. The predicted octanol–water partition coefficient (Wildman–Crippen LogP) is 6.89. The van der Waals surface area contributed by atoms with Crippen molar-refractivity contribution in [2.24, 2.45) is 0 Å². The Balaban J connectivity index is 0.000000619. The Morgan fingerprint density at radius 1 is 0.969 bits per heavy atom. The van der Waals surface area contributed by atoms with Crippen molar-refractivity contribution in [1.82, 2.24) is 10.2 Å². The van der Waals surface area contributed by atoms with Gasteiger partial charge >= 0.3 is 0 Å². The van der Waals surface area contributed by atoms with Gasteiger partial charge in [0.25, 0.3) is 0 Å².